The summed E-state index contributed by atoms with van der Waals surface area (Å²) in [6.45, 7) is 4.00. The Kier molecular flexibility index (Phi) is 6.90. The molecular formula is C17H24N2O3. The second-order valence-electron chi connectivity index (χ2n) is 5.55. The number of likely N-dealkylation sites (tertiary alicyclic amines) is 1. The number of hydrogen-bond donors (Lipinski definition) is 1. The van der Waals surface area contributed by atoms with E-state index in [0.29, 0.717) is 17.9 Å². The molecule has 0 aromatic heterocycles. The van der Waals surface area contributed by atoms with E-state index in [-0.39, 0.29) is 12.5 Å². The number of amides is 1. The molecule has 5 heteroatoms. The third-order valence-electron chi connectivity index (χ3n) is 3.83. The highest BCUT2D eigenvalue weighted by Gasteiger charge is 2.09. The van der Waals surface area contributed by atoms with Crippen LogP contribution in [0.2, 0.25) is 0 Å². The fourth-order valence-electron chi connectivity index (χ4n) is 2.62. The maximum atomic E-state index is 11.7. The first-order valence-electron chi connectivity index (χ1n) is 7.95. The number of rotatable bonds is 8. The van der Waals surface area contributed by atoms with Gasteiger partial charge in [0.15, 0.2) is 12.9 Å². The molecule has 0 radical (unpaired) electrons. The van der Waals surface area contributed by atoms with Gasteiger partial charge in [-0.3, -0.25) is 9.59 Å². The van der Waals surface area contributed by atoms with Crippen molar-refractivity contribution in [1.82, 2.24) is 10.2 Å². The van der Waals surface area contributed by atoms with Crippen molar-refractivity contribution in [2.24, 2.45) is 0 Å². The van der Waals surface area contributed by atoms with Gasteiger partial charge in [0, 0.05) is 6.54 Å². The van der Waals surface area contributed by atoms with Crippen molar-refractivity contribution < 1.29 is 14.3 Å². The number of para-hydroxylation sites is 1. The molecular weight excluding hydrogens is 280 g/mol. The first kappa shape index (κ1) is 16.5. The highest BCUT2D eigenvalue weighted by molar-refractivity contribution is 5.80. The Balaban J connectivity index is 1.60. The molecule has 1 amide bonds. The lowest BCUT2D eigenvalue weighted by Crippen LogP contribution is -2.34. The molecule has 1 saturated heterocycles. The van der Waals surface area contributed by atoms with E-state index in [1.54, 1.807) is 24.3 Å². The zero-order valence-corrected chi connectivity index (χ0v) is 12.9. The van der Waals surface area contributed by atoms with E-state index >= 15 is 0 Å². The molecule has 5 nitrogen and oxygen atoms in total. The molecule has 1 fully saturated rings. The number of nitrogens with one attached hydrogen (secondary N) is 1. The Hall–Kier alpha value is -1.88. The molecule has 0 unspecified atom stereocenters. The Morgan fingerprint density at radius 3 is 2.77 bits per heavy atom. The van der Waals surface area contributed by atoms with Crippen LogP contribution < -0.4 is 10.1 Å². The van der Waals surface area contributed by atoms with Gasteiger partial charge in [0.1, 0.15) is 5.75 Å². The van der Waals surface area contributed by atoms with Gasteiger partial charge in [-0.25, -0.2) is 0 Å². The summed E-state index contributed by atoms with van der Waals surface area (Å²) in [5.41, 5.74) is 0.459. The van der Waals surface area contributed by atoms with Crippen molar-refractivity contribution >= 4 is 12.2 Å². The summed E-state index contributed by atoms with van der Waals surface area (Å²) in [4.78, 5) is 25.0. The largest absolute Gasteiger partial charge is 0.483 e. The van der Waals surface area contributed by atoms with Gasteiger partial charge >= 0.3 is 0 Å². The smallest absolute Gasteiger partial charge is 0.257 e. The molecule has 1 aliphatic rings. The molecule has 0 aliphatic carbocycles. The maximum absolute atomic E-state index is 11.7. The highest BCUT2D eigenvalue weighted by atomic mass is 16.5. The minimum atomic E-state index is -0.153. The van der Waals surface area contributed by atoms with Crippen molar-refractivity contribution in [3.63, 3.8) is 0 Å². The van der Waals surface area contributed by atoms with Crippen molar-refractivity contribution in [2.45, 2.75) is 25.7 Å². The lowest BCUT2D eigenvalue weighted by atomic mass is 10.1. The Bertz CT molecular complexity index is 485. The quantitative estimate of drug-likeness (QED) is 0.588. The standard InChI is InChI=1S/C17H24N2O3/c20-13-15-7-2-3-8-16(15)22-14-17(21)18-9-6-12-19-10-4-1-5-11-19/h2-3,7-8,13H,1,4-6,9-12,14H2,(H,18,21). The van der Waals surface area contributed by atoms with E-state index in [2.05, 4.69) is 10.2 Å². The Labute approximate surface area is 131 Å². The van der Waals surface area contributed by atoms with Crippen molar-refractivity contribution in [1.29, 1.82) is 0 Å². The number of carbonyl (C=O) groups is 2. The molecule has 1 heterocycles. The zero-order valence-electron chi connectivity index (χ0n) is 12.9. The van der Waals surface area contributed by atoms with Crippen LogP contribution in [0.5, 0.6) is 5.75 Å². The summed E-state index contributed by atoms with van der Waals surface area (Å²) in [5, 5.41) is 2.85. The lowest BCUT2D eigenvalue weighted by molar-refractivity contribution is -0.123. The van der Waals surface area contributed by atoms with Crippen molar-refractivity contribution in [3.8, 4) is 5.75 Å². The van der Waals surface area contributed by atoms with Gasteiger partial charge in [-0.15, -0.1) is 0 Å². The van der Waals surface area contributed by atoms with Crippen molar-refractivity contribution in [3.05, 3.63) is 29.8 Å². The summed E-state index contributed by atoms with van der Waals surface area (Å²) >= 11 is 0. The van der Waals surface area contributed by atoms with Crippen LogP contribution in [-0.2, 0) is 4.79 Å². The Morgan fingerprint density at radius 1 is 1.23 bits per heavy atom. The molecule has 22 heavy (non-hydrogen) atoms. The molecule has 0 spiro atoms. The average molecular weight is 304 g/mol. The van der Waals surface area contributed by atoms with Crippen LogP contribution >= 0.6 is 0 Å². The first-order valence-corrected chi connectivity index (χ1v) is 7.95. The SMILES string of the molecule is O=Cc1ccccc1OCC(=O)NCCCN1CCCCC1. The number of nitrogens with zero attached hydrogens (tertiary/aromatic N) is 1. The molecule has 2 rings (SSSR count). The van der Waals surface area contributed by atoms with Crippen molar-refractivity contribution in [2.75, 3.05) is 32.8 Å². The molecule has 0 atom stereocenters. The van der Waals surface area contributed by atoms with Crippen LogP contribution in [0.25, 0.3) is 0 Å². The number of hydrogen-bond acceptors (Lipinski definition) is 4. The van der Waals surface area contributed by atoms with E-state index in [9.17, 15) is 9.59 Å². The van der Waals surface area contributed by atoms with Gasteiger partial charge in [0.05, 0.1) is 5.56 Å². The fraction of sp³-hybridized carbons (Fsp3) is 0.529. The lowest BCUT2D eigenvalue weighted by Gasteiger charge is -2.26. The Morgan fingerprint density at radius 2 is 2.00 bits per heavy atom. The minimum Gasteiger partial charge on any atom is -0.483 e. The monoisotopic (exact) mass is 304 g/mol. The highest BCUT2D eigenvalue weighted by Crippen LogP contribution is 2.15. The van der Waals surface area contributed by atoms with Gasteiger partial charge < -0.3 is 15.0 Å². The van der Waals surface area contributed by atoms with Gasteiger partial charge in [-0.1, -0.05) is 18.6 Å². The van der Waals surface area contributed by atoms with Gasteiger partial charge in [-0.2, -0.15) is 0 Å². The molecule has 1 aromatic carbocycles. The molecule has 1 N–H and O–H groups in total. The topological polar surface area (TPSA) is 58.6 Å². The minimum absolute atomic E-state index is 0.0609. The predicted molar refractivity (Wildman–Crippen MR) is 85.2 cm³/mol. The van der Waals surface area contributed by atoms with Crippen LogP contribution in [0.3, 0.4) is 0 Å². The van der Waals surface area contributed by atoms with E-state index in [0.717, 1.165) is 19.3 Å². The number of aldehydes is 1. The molecule has 1 aromatic rings. The zero-order chi connectivity index (χ0) is 15.6. The number of piperidine rings is 1. The molecule has 1 aliphatic heterocycles. The summed E-state index contributed by atoms with van der Waals surface area (Å²) in [6.07, 6.45) is 5.60. The number of carbonyl (C=O) groups excluding carboxylic acids is 2. The van der Waals surface area contributed by atoms with Crippen LogP contribution in [0, 0.1) is 0 Å². The van der Waals surface area contributed by atoms with E-state index in [4.69, 9.17) is 4.74 Å². The van der Waals surface area contributed by atoms with Crippen LogP contribution in [0.15, 0.2) is 24.3 Å². The second kappa shape index (κ2) is 9.20. The molecule has 120 valence electrons. The third-order valence-corrected chi connectivity index (χ3v) is 3.83. The van der Waals surface area contributed by atoms with E-state index < -0.39 is 0 Å². The third kappa shape index (κ3) is 5.48. The predicted octanol–water partition coefficient (Wildman–Crippen LogP) is 1.87. The van der Waals surface area contributed by atoms with Crippen LogP contribution in [-0.4, -0.2) is 49.9 Å². The van der Waals surface area contributed by atoms with Gasteiger partial charge in [-0.05, 0) is 51.0 Å². The summed E-state index contributed by atoms with van der Waals surface area (Å²) in [5.74, 6) is 0.292. The summed E-state index contributed by atoms with van der Waals surface area (Å²) in [6, 6.07) is 6.89. The molecule has 0 saturated carbocycles. The first-order chi connectivity index (χ1) is 10.8. The summed E-state index contributed by atoms with van der Waals surface area (Å²) < 4.78 is 5.38. The van der Waals surface area contributed by atoms with Crippen LogP contribution in [0.4, 0.5) is 0 Å². The number of benzene rings is 1. The summed E-state index contributed by atoms with van der Waals surface area (Å²) in [7, 11) is 0. The van der Waals surface area contributed by atoms with Gasteiger partial charge in [0.25, 0.3) is 5.91 Å². The average Bonchev–Trinajstić information content (AvgIpc) is 2.58. The van der Waals surface area contributed by atoms with Gasteiger partial charge in [0.2, 0.25) is 0 Å². The van der Waals surface area contributed by atoms with E-state index in [1.807, 2.05) is 0 Å². The maximum Gasteiger partial charge on any atom is 0.257 e. The van der Waals surface area contributed by atoms with E-state index in [1.165, 1.54) is 32.4 Å². The fourth-order valence-corrected chi connectivity index (χ4v) is 2.62. The molecule has 0 bridgehead atoms. The number of ether oxygens (including phenoxy) is 1. The second-order valence-corrected chi connectivity index (χ2v) is 5.55. The van der Waals surface area contributed by atoms with Crippen LogP contribution in [0.1, 0.15) is 36.0 Å². The normalized spacial score (nSPS) is 15.3.